The van der Waals surface area contributed by atoms with E-state index in [1.165, 1.54) is 11.8 Å². The molecule has 5 rings (SSSR count). The van der Waals surface area contributed by atoms with Gasteiger partial charge in [0, 0.05) is 43.2 Å². The highest BCUT2D eigenvalue weighted by atomic mass is 32.2. The van der Waals surface area contributed by atoms with Gasteiger partial charge in [0.2, 0.25) is 18.6 Å². The number of amides is 2. The van der Waals surface area contributed by atoms with Crippen molar-refractivity contribution < 1.29 is 23.8 Å². The molecule has 2 amide bonds. The number of carbonyl (C=O) groups excluding carboxylic acids is 2. The van der Waals surface area contributed by atoms with Gasteiger partial charge in [-0.2, -0.15) is 0 Å². The van der Waals surface area contributed by atoms with Gasteiger partial charge in [0.15, 0.2) is 11.5 Å². The minimum Gasteiger partial charge on any atom is -0.454 e. The van der Waals surface area contributed by atoms with E-state index >= 15 is 0 Å². The zero-order valence-corrected chi connectivity index (χ0v) is 21.6. The van der Waals surface area contributed by atoms with Gasteiger partial charge in [0.25, 0.3) is 0 Å². The first-order valence-corrected chi connectivity index (χ1v) is 13.2. The van der Waals surface area contributed by atoms with Gasteiger partial charge in [-0.1, -0.05) is 36.0 Å². The first-order chi connectivity index (χ1) is 17.4. The monoisotopic (exact) mass is 509 g/mol. The molecule has 3 heterocycles. The number of hydrogen-bond donors (Lipinski definition) is 1. The Morgan fingerprint density at radius 1 is 1.19 bits per heavy atom. The molecule has 190 valence electrons. The van der Waals surface area contributed by atoms with Crippen molar-refractivity contribution in [2.45, 2.75) is 44.0 Å². The number of benzene rings is 2. The van der Waals surface area contributed by atoms with Crippen LogP contribution in [0.3, 0.4) is 0 Å². The summed E-state index contributed by atoms with van der Waals surface area (Å²) in [7, 11) is 1.99. The topological polar surface area (TPSA) is 82.0 Å². The van der Waals surface area contributed by atoms with Crippen molar-refractivity contribution in [3.63, 3.8) is 0 Å². The van der Waals surface area contributed by atoms with E-state index in [2.05, 4.69) is 9.88 Å². The van der Waals surface area contributed by atoms with Gasteiger partial charge in [-0.15, -0.1) is 0 Å². The number of para-hydroxylation sites is 1. The lowest BCUT2D eigenvalue weighted by Gasteiger charge is -2.30. The molecular weight excluding hydrogens is 478 g/mol. The van der Waals surface area contributed by atoms with Gasteiger partial charge in [0.05, 0.1) is 16.9 Å². The molecule has 2 aromatic carbocycles. The van der Waals surface area contributed by atoms with Crippen LogP contribution in [0, 0.1) is 0 Å². The second-order valence-electron chi connectivity index (χ2n) is 9.26. The van der Waals surface area contributed by atoms with E-state index in [0.29, 0.717) is 31.1 Å². The fraction of sp³-hybridized carbons (Fsp3) is 0.407. The summed E-state index contributed by atoms with van der Waals surface area (Å²) in [5.74, 6) is 1.33. The molecule has 1 aromatic heterocycles. The van der Waals surface area contributed by atoms with Crippen molar-refractivity contribution in [3.05, 3.63) is 53.6 Å². The molecular formula is C27H31N3O5S. The van der Waals surface area contributed by atoms with Crippen LogP contribution in [0.15, 0.2) is 47.5 Å². The van der Waals surface area contributed by atoms with E-state index < -0.39 is 6.04 Å². The predicted molar refractivity (Wildman–Crippen MR) is 138 cm³/mol. The third kappa shape index (κ3) is 4.77. The van der Waals surface area contributed by atoms with Crippen LogP contribution in [-0.4, -0.2) is 53.1 Å². The fourth-order valence-electron chi connectivity index (χ4n) is 4.74. The molecule has 8 nitrogen and oxygen atoms in total. The lowest BCUT2D eigenvalue weighted by atomic mass is 10.0. The van der Waals surface area contributed by atoms with Gasteiger partial charge in [-0.25, -0.2) is 0 Å². The molecule has 2 aliphatic heterocycles. The highest BCUT2D eigenvalue weighted by Crippen LogP contribution is 2.42. The summed E-state index contributed by atoms with van der Waals surface area (Å²) in [4.78, 5) is 29.0. The highest BCUT2D eigenvalue weighted by Gasteiger charge is 2.39. The van der Waals surface area contributed by atoms with Crippen molar-refractivity contribution in [1.82, 2.24) is 14.8 Å². The third-order valence-electron chi connectivity index (χ3n) is 6.44. The van der Waals surface area contributed by atoms with Crippen molar-refractivity contribution >= 4 is 34.5 Å². The van der Waals surface area contributed by atoms with E-state index in [-0.39, 0.29) is 37.0 Å². The number of aryl methyl sites for hydroxylation is 1. The van der Waals surface area contributed by atoms with Crippen LogP contribution in [0.1, 0.15) is 37.4 Å². The minimum absolute atomic E-state index is 0.0822. The Kier molecular flexibility index (Phi) is 7.11. The van der Waals surface area contributed by atoms with Gasteiger partial charge in [0.1, 0.15) is 6.04 Å². The van der Waals surface area contributed by atoms with Crippen LogP contribution in [0.4, 0.5) is 0 Å². The lowest BCUT2D eigenvalue weighted by Crippen LogP contribution is -2.43. The molecule has 9 heteroatoms. The quantitative estimate of drug-likeness (QED) is 0.462. The van der Waals surface area contributed by atoms with Crippen LogP contribution >= 0.6 is 11.8 Å². The van der Waals surface area contributed by atoms with E-state index in [0.717, 1.165) is 27.1 Å². The zero-order chi connectivity index (χ0) is 25.2. The number of fused-ring (bicyclic) bond motifs is 4. The predicted octanol–water partition coefficient (Wildman–Crippen LogP) is 4.01. The zero-order valence-electron chi connectivity index (χ0n) is 20.8. The molecule has 0 aliphatic carbocycles. The minimum atomic E-state index is -0.759. The summed E-state index contributed by atoms with van der Waals surface area (Å²) in [6.45, 7) is 5.49. The van der Waals surface area contributed by atoms with Crippen molar-refractivity contribution in [1.29, 1.82) is 0 Å². The summed E-state index contributed by atoms with van der Waals surface area (Å²) in [6, 6.07) is 12.9. The number of ether oxygens (including phenoxy) is 3. The Hall–Kier alpha value is -3.17. The summed E-state index contributed by atoms with van der Waals surface area (Å²) in [6.07, 6.45) is 0.844. The maximum absolute atomic E-state index is 13.8. The lowest BCUT2D eigenvalue weighted by molar-refractivity contribution is -0.139. The number of nitrogens with zero attached hydrogens (tertiary/aromatic N) is 2. The Morgan fingerprint density at radius 2 is 2.00 bits per heavy atom. The average molecular weight is 510 g/mol. The molecule has 0 radical (unpaired) electrons. The highest BCUT2D eigenvalue weighted by molar-refractivity contribution is 8.00. The molecule has 2 aliphatic rings. The Bertz CT molecular complexity index is 1290. The van der Waals surface area contributed by atoms with E-state index in [4.69, 9.17) is 14.2 Å². The molecule has 0 unspecified atom stereocenters. The van der Waals surface area contributed by atoms with Crippen LogP contribution in [0.25, 0.3) is 10.9 Å². The molecule has 1 N–H and O–H groups in total. The smallest absolute Gasteiger partial charge is 0.247 e. The Morgan fingerprint density at radius 3 is 2.83 bits per heavy atom. The van der Waals surface area contributed by atoms with Crippen LogP contribution < -0.4 is 14.8 Å². The van der Waals surface area contributed by atoms with E-state index in [1.807, 2.05) is 63.4 Å². The van der Waals surface area contributed by atoms with Gasteiger partial charge in [-0.05, 0) is 44.0 Å². The number of nitrogens with one attached hydrogen (secondary N) is 1. The van der Waals surface area contributed by atoms with E-state index in [1.54, 1.807) is 4.90 Å². The number of rotatable bonds is 8. The van der Waals surface area contributed by atoms with Crippen LogP contribution in [0.5, 0.6) is 11.5 Å². The standard InChI is InChI=1S/C27H31N3O5S/c1-17(2)33-12-6-11-28-26(32)25-24-19-7-4-5-8-20(19)29(3)27(24)36-15-23(31)30(25)14-18-9-10-21-22(13-18)35-16-34-21/h4-5,7-10,13,17,25H,6,11-12,14-16H2,1-3H3,(H,28,32)/t25-/m1/s1. The maximum Gasteiger partial charge on any atom is 0.247 e. The first kappa shape index (κ1) is 24.5. The molecule has 0 saturated heterocycles. The summed E-state index contributed by atoms with van der Waals surface area (Å²) >= 11 is 1.49. The second kappa shape index (κ2) is 10.4. The summed E-state index contributed by atoms with van der Waals surface area (Å²) in [5.41, 5.74) is 2.79. The van der Waals surface area contributed by atoms with Gasteiger partial charge in [-0.3, -0.25) is 9.59 Å². The largest absolute Gasteiger partial charge is 0.454 e. The maximum atomic E-state index is 13.8. The third-order valence-corrected chi connectivity index (χ3v) is 7.60. The Labute approximate surface area is 214 Å². The number of thioether (sulfide) groups is 1. The summed E-state index contributed by atoms with van der Waals surface area (Å²) < 4.78 is 18.7. The molecule has 0 saturated carbocycles. The molecule has 0 fully saturated rings. The fourth-order valence-corrected chi connectivity index (χ4v) is 5.83. The SMILES string of the molecule is CC(C)OCCCNC(=O)[C@H]1c2c(n(C)c3ccccc23)SCC(=O)N1Cc1ccc2c(c1)OCO2. The molecule has 0 bridgehead atoms. The number of hydrogen-bond acceptors (Lipinski definition) is 6. The molecule has 1 atom stereocenters. The van der Waals surface area contributed by atoms with Crippen LogP contribution in [0.2, 0.25) is 0 Å². The van der Waals surface area contributed by atoms with Gasteiger partial charge >= 0.3 is 0 Å². The molecule has 0 spiro atoms. The van der Waals surface area contributed by atoms with E-state index in [9.17, 15) is 9.59 Å². The number of aromatic nitrogens is 1. The van der Waals surface area contributed by atoms with Crippen LogP contribution in [-0.2, 0) is 27.9 Å². The Balaban J connectivity index is 1.50. The number of carbonyl (C=O) groups is 2. The normalized spacial score (nSPS) is 16.9. The van der Waals surface area contributed by atoms with Crippen molar-refractivity contribution in [2.24, 2.45) is 7.05 Å². The van der Waals surface area contributed by atoms with Crippen molar-refractivity contribution in [2.75, 3.05) is 25.7 Å². The first-order valence-electron chi connectivity index (χ1n) is 12.2. The molecule has 3 aromatic rings. The average Bonchev–Trinajstić information content (AvgIpc) is 3.40. The van der Waals surface area contributed by atoms with Crippen molar-refractivity contribution in [3.8, 4) is 11.5 Å². The van der Waals surface area contributed by atoms with Gasteiger partial charge < -0.3 is 29.0 Å². The molecule has 36 heavy (non-hydrogen) atoms. The summed E-state index contributed by atoms with van der Waals surface area (Å²) in [5, 5.41) is 5.00. The second-order valence-corrected chi connectivity index (χ2v) is 10.2.